The summed E-state index contributed by atoms with van der Waals surface area (Å²) in [6, 6.07) is 6.02. The van der Waals surface area contributed by atoms with Crippen LogP contribution in [-0.4, -0.2) is 40.1 Å². The zero-order valence-corrected chi connectivity index (χ0v) is 14.3. The molecule has 2 N–H and O–H groups in total. The van der Waals surface area contributed by atoms with Gasteiger partial charge in [0.2, 0.25) is 5.78 Å². The highest BCUT2D eigenvalue weighted by molar-refractivity contribution is 7.78. The zero-order valence-electron chi connectivity index (χ0n) is 13.4. The molecule has 1 heterocycles. The van der Waals surface area contributed by atoms with Crippen LogP contribution in [0.4, 0.5) is 10.1 Å². The Hall–Kier alpha value is -2.50. The highest BCUT2D eigenvalue weighted by Crippen LogP contribution is 2.28. The van der Waals surface area contributed by atoms with Crippen LogP contribution >= 0.6 is 12.8 Å². The molecule has 0 spiro atoms. The number of aromatic nitrogens is 1. The van der Waals surface area contributed by atoms with E-state index in [2.05, 4.69) is 18.1 Å². The molecule has 24 heavy (non-hydrogen) atoms. The lowest BCUT2D eigenvalue weighted by atomic mass is 10.1. The van der Waals surface area contributed by atoms with Crippen molar-refractivity contribution in [3.63, 3.8) is 0 Å². The minimum Gasteiger partial charge on any atom is -0.382 e. The van der Waals surface area contributed by atoms with Gasteiger partial charge in [0, 0.05) is 25.7 Å². The minimum atomic E-state index is -0.936. The monoisotopic (exact) mass is 348 g/mol. The van der Waals surface area contributed by atoms with E-state index in [0.717, 1.165) is 0 Å². The highest BCUT2D eigenvalue weighted by Gasteiger charge is 2.20. The van der Waals surface area contributed by atoms with Gasteiger partial charge in [-0.2, -0.15) is 5.26 Å². The molecule has 1 aromatic heterocycles. The van der Waals surface area contributed by atoms with Gasteiger partial charge in [-0.25, -0.2) is 4.39 Å². The predicted molar refractivity (Wildman–Crippen MR) is 93.3 cm³/mol. The van der Waals surface area contributed by atoms with Crippen LogP contribution < -0.4 is 5.32 Å². The molecular formula is C16H17FN4O2S. The van der Waals surface area contributed by atoms with Gasteiger partial charge in [0.05, 0.1) is 11.2 Å². The van der Waals surface area contributed by atoms with E-state index >= 15 is 0 Å². The Morgan fingerprint density at radius 1 is 1.50 bits per heavy atom. The lowest BCUT2D eigenvalue weighted by Gasteiger charge is -2.10. The number of benzene rings is 1. The van der Waals surface area contributed by atoms with E-state index in [0.29, 0.717) is 10.9 Å². The van der Waals surface area contributed by atoms with Crippen LogP contribution in [0.2, 0.25) is 0 Å². The Morgan fingerprint density at radius 3 is 2.71 bits per heavy atom. The number of carbonyl (C=O) groups is 1. The second-order valence-corrected chi connectivity index (χ2v) is 5.90. The summed E-state index contributed by atoms with van der Waals surface area (Å²) in [6.45, 7) is 1.46. The van der Waals surface area contributed by atoms with E-state index in [9.17, 15) is 14.3 Å². The molecule has 1 aromatic carbocycles. The number of hydrogen-bond acceptors (Lipinski definition) is 6. The van der Waals surface area contributed by atoms with Gasteiger partial charge in [-0.1, -0.05) is 12.8 Å². The number of rotatable bonds is 5. The van der Waals surface area contributed by atoms with Crippen molar-refractivity contribution in [2.75, 3.05) is 19.4 Å². The third kappa shape index (κ3) is 3.53. The summed E-state index contributed by atoms with van der Waals surface area (Å²) < 4.78 is 15.4. The van der Waals surface area contributed by atoms with Crippen molar-refractivity contribution in [3.8, 4) is 6.07 Å². The molecular weight excluding hydrogens is 331 g/mol. The van der Waals surface area contributed by atoms with Crippen molar-refractivity contribution in [1.29, 1.82) is 5.26 Å². The predicted octanol–water partition coefficient (Wildman–Crippen LogP) is 2.38. The van der Waals surface area contributed by atoms with Gasteiger partial charge in [-0.05, 0) is 25.1 Å². The number of allylic oxidation sites excluding steroid dienone is 1. The largest absolute Gasteiger partial charge is 0.382 e. The van der Waals surface area contributed by atoms with Crippen molar-refractivity contribution >= 4 is 35.2 Å². The average molecular weight is 348 g/mol. The van der Waals surface area contributed by atoms with E-state index in [1.165, 1.54) is 35.3 Å². The van der Waals surface area contributed by atoms with Gasteiger partial charge in [0.15, 0.2) is 0 Å². The first-order valence-corrected chi connectivity index (χ1v) is 7.46. The lowest BCUT2D eigenvalue weighted by molar-refractivity contribution is 0.103. The fourth-order valence-corrected chi connectivity index (χ4v) is 2.57. The maximum Gasteiger partial charge on any atom is 0.222 e. The number of hydrogen-bond donors (Lipinski definition) is 3. The summed E-state index contributed by atoms with van der Waals surface area (Å²) in [5, 5.41) is 21.5. The molecule has 6 nitrogen and oxygen atoms in total. The van der Waals surface area contributed by atoms with Crippen molar-refractivity contribution < 1.29 is 14.3 Å². The number of nitrogens with one attached hydrogen (secondary N) is 1. The number of Topliss-reactive ketones (excluding diaryl/α,β-unsaturated/α-hetero) is 1. The normalized spacial score (nSPS) is 12.8. The molecule has 0 aliphatic rings. The molecule has 0 fully saturated rings. The molecule has 0 saturated heterocycles. The number of aliphatic hydroxyl groups excluding tert-OH is 1. The molecule has 0 saturated carbocycles. The van der Waals surface area contributed by atoms with Gasteiger partial charge < -0.3 is 15.3 Å². The van der Waals surface area contributed by atoms with Crippen LogP contribution in [0.5, 0.6) is 0 Å². The van der Waals surface area contributed by atoms with E-state index in [-0.39, 0.29) is 17.0 Å². The molecule has 0 bridgehead atoms. The Labute approximate surface area is 144 Å². The zero-order chi connectivity index (χ0) is 18.0. The van der Waals surface area contributed by atoms with Crippen molar-refractivity contribution in [2.24, 2.45) is 0 Å². The van der Waals surface area contributed by atoms with Crippen LogP contribution in [0.15, 0.2) is 30.0 Å². The topological polar surface area (TPSA) is 81.3 Å². The number of carbonyl (C=O) groups excluding carboxylic acids is 1. The third-order valence-electron chi connectivity index (χ3n) is 3.21. The fourth-order valence-electron chi connectivity index (χ4n) is 2.25. The van der Waals surface area contributed by atoms with E-state index in [1.54, 1.807) is 19.0 Å². The number of halogens is 1. The van der Waals surface area contributed by atoms with Crippen molar-refractivity contribution in [1.82, 2.24) is 8.87 Å². The minimum absolute atomic E-state index is 0.0547. The Morgan fingerprint density at radius 2 is 2.17 bits per heavy atom. The molecule has 2 rings (SSSR count). The number of thiol groups is 1. The smallest absolute Gasteiger partial charge is 0.222 e. The summed E-state index contributed by atoms with van der Waals surface area (Å²) >= 11 is 4.28. The average Bonchev–Trinajstić information content (AvgIpc) is 2.80. The van der Waals surface area contributed by atoms with Crippen LogP contribution in [0.3, 0.4) is 0 Å². The molecule has 8 heteroatoms. The molecule has 0 aliphatic heterocycles. The van der Waals surface area contributed by atoms with Gasteiger partial charge >= 0.3 is 0 Å². The Kier molecular flexibility index (Phi) is 5.17. The van der Waals surface area contributed by atoms with Crippen molar-refractivity contribution in [3.05, 3.63) is 41.5 Å². The second-order valence-electron chi connectivity index (χ2n) is 5.50. The molecule has 0 radical (unpaired) electrons. The van der Waals surface area contributed by atoms with E-state index in [4.69, 9.17) is 5.26 Å². The first-order valence-electron chi connectivity index (χ1n) is 7.06. The number of anilines is 1. The van der Waals surface area contributed by atoms with E-state index < -0.39 is 17.8 Å². The first-order chi connectivity index (χ1) is 11.2. The standard InChI is InChI=1S/C16H17FN4O2S/c1-9(22)19-13-6-14-10(4-12(13)17)5-15(21(14)24)16(23)11(7-18)8-20(2)3/h4-6,8-9,19,22,24H,1-3H3/b11-8+. The van der Waals surface area contributed by atoms with Gasteiger partial charge in [-0.15, -0.1) is 0 Å². The second kappa shape index (κ2) is 6.95. The molecule has 2 aromatic rings. The Balaban J connectivity index is 2.56. The summed E-state index contributed by atoms with van der Waals surface area (Å²) in [6.07, 6.45) is 0.476. The maximum atomic E-state index is 14.1. The SMILES string of the molecule is CC(O)Nc1cc2c(cc1F)cc(C(=O)/C(C#N)=C/N(C)C)n2S. The van der Waals surface area contributed by atoms with Gasteiger partial charge in [0.25, 0.3) is 0 Å². The van der Waals surface area contributed by atoms with E-state index in [1.807, 2.05) is 6.07 Å². The highest BCUT2D eigenvalue weighted by atomic mass is 32.1. The van der Waals surface area contributed by atoms with Crippen LogP contribution in [0.1, 0.15) is 17.4 Å². The number of fused-ring (bicyclic) bond motifs is 1. The number of ketones is 1. The number of nitrogens with zero attached hydrogens (tertiary/aromatic N) is 3. The van der Waals surface area contributed by atoms with Crippen LogP contribution in [-0.2, 0) is 0 Å². The molecule has 126 valence electrons. The van der Waals surface area contributed by atoms with Crippen molar-refractivity contribution in [2.45, 2.75) is 13.2 Å². The third-order valence-corrected chi connectivity index (χ3v) is 3.65. The van der Waals surface area contributed by atoms with Gasteiger partial charge in [-0.3, -0.25) is 8.77 Å². The lowest BCUT2D eigenvalue weighted by Crippen LogP contribution is -2.14. The Bertz CT molecular complexity index is 865. The number of aliphatic hydroxyl groups is 1. The summed E-state index contributed by atoms with van der Waals surface area (Å²) in [7, 11) is 3.40. The molecule has 0 aliphatic carbocycles. The summed E-state index contributed by atoms with van der Waals surface area (Å²) in [5.74, 6) is -1.08. The first kappa shape index (κ1) is 17.8. The van der Waals surface area contributed by atoms with Crippen LogP contribution in [0.25, 0.3) is 10.9 Å². The summed E-state index contributed by atoms with van der Waals surface area (Å²) in [4.78, 5) is 14.1. The van der Waals surface area contributed by atoms with Crippen LogP contribution in [0, 0.1) is 17.1 Å². The summed E-state index contributed by atoms with van der Waals surface area (Å²) in [5.41, 5.74) is 0.667. The molecule has 1 atom stereocenters. The number of nitriles is 1. The fraction of sp³-hybridized carbons (Fsp3) is 0.250. The quantitative estimate of drug-likeness (QED) is 0.254. The maximum absolute atomic E-state index is 14.1. The molecule has 0 amide bonds. The van der Waals surface area contributed by atoms with Gasteiger partial charge in [0.1, 0.15) is 29.4 Å². The molecule has 1 unspecified atom stereocenters.